The van der Waals surface area contributed by atoms with Crippen LogP contribution in [0.3, 0.4) is 0 Å². The van der Waals surface area contributed by atoms with Crippen LogP contribution in [0.2, 0.25) is 0 Å². The summed E-state index contributed by atoms with van der Waals surface area (Å²) in [5.74, 6) is 1.54. The van der Waals surface area contributed by atoms with E-state index in [4.69, 9.17) is 19.9 Å². The third kappa shape index (κ3) is 2.44. The summed E-state index contributed by atoms with van der Waals surface area (Å²) in [5, 5.41) is 0. The number of ether oxygens (including phenoxy) is 3. The van der Waals surface area contributed by atoms with E-state index in [0.29, 0.717) is 35.9 Å². The smallest absolute Gasteiger partial charge is 0.228 e. The number of hydrogen-bond acceptors (Lipinski definition) is 5. The van der Waals surface area contributed by atoms with Crippen LogP contribution in [0.1, 0.15) is 6.42 Å². The van der Waals surface area contributed by atoms with Gasteiger partial charge in [0.25, 0.3) is 0 Å². The second kappa shape index (κ2) is 5.36. The first-order valence-corrected chi connectivity index (χ1v) is 5.96. The molecule has 1 saturated heterocycles. The van der Waals surface area contributed by atoms with E-state index in [0.717, 1.165) is 0 Å². The molecular formula is C13H18N2O4. The molecule has 6 nitrogen and oxygen atoms in total. The monoisotopic (exact) mass is 266 g/mol. The molecule has 0 bridgehead atoms. The van der Waals surface area contributed by atoms with Gasteiger partial charge >= 0.3 is 0 Å². The lowest BCUT2D eigenvalue weighted by molar-refractivity contribution is -0.117. The van der Waals surface area contributed by atoms with E-state index in [9.17, 15) is 4.79 Å². The van der Waals surface area contributed by atoms with Gasteiger partial charge in [0.15, 0.2) is 11.5 Å². The van der Waals surface area contributed by atoms with E-state index in [2.05, 4.69) is 0 Å². The molecule has 0 saturated carbocycles. The topological polar surface area (TPSA) is 74.0 Å². The highest BCUT2D eigenvalue weighted by molar-refractivity contribution is 5.96. The first-order chi connectivity index (χ1) is 9.10. The molecule has 104 valence electrons. The van der Waals surface area contributed by atoms with Crippen molar-refractivity contribution in [2.45, 2.75) is 12.5 Å². The lowest BCUT2D eigenvalue weighted by Crippen LogP contribution is -2.28. The molecule has 1 aromatic rings. The van der Waals surface area contributed by atoms with Gasteiger partial charge in [-0.1, -0.05) is 0 Å². The Hall–Kier alpha value is -1.95. The van der Waals surface area contributed by atoms with Crippen LogP contribution in [-0.2, 0) is 4.79 Å². The van der Waals surface area contributed by atoms with Gasteiger partial charge in [0, 0.05) is 31.1 Å². The van der Waals surface area contributed by atoms with Gasteiger partial charge in [-0.25, -0.2) is 0 Å². The summed E-state index contributed by atoms with van der Waals surface area (Å²) in [5.41, 5.74) is 6.50. The molecular weight excluding hydrogens is 248 g/mol. The Labute approximate surface area is 112 Å². The molecule has 0 aromatic heterocycles. The van der Waals surface area contributed by atoms with E-state index in [1.807, 2.05) is 0 Å². The maximum atomic E-state index is 11.9. The maximum Gasteiger partial charge on any atom is 0.228 e. The van der Waals surface area contributed by atoms with E-state index < -0.39 is 0 Å². The summed E-state index contributed by atoms with van der Waals surface area (Å²) >= 11 is 0. The minimum atomic E-state index is -0.133. The summed E-state index contributed by atoms with van der Waals surface area (Å²) in [6.45, 7) is 0.497. The van der Waals surface area contributed by atoms with Gasteiger partial charge in [-0.3, -0.25) is 4.79 Å². The summed E-state index contributed by atoms with van der Waals surface area (Å²) in [4.78, 5) is 13.5. The van der Waals surface area contributed by atoms with Gasteiger partial charge in [0.2, 0.25) is 11.7 Å². The quantitative estimate of drug-likeness (QED) is 0.871. The number of hydrogen-bond donors (Lipinski definition) is 1. The molecule has 1 fully saturated rings. The van der Waals surface area contributed by atoms with Crippen LogP contribution >= 0.6 is 0 Å². The number of nitrogens with zero attached hydrogens (tertiary/aromatic N) is 1. The van der Waals surface area contributed by atoms with Gasteiger partial charge in [-0.15, -0.1) is 0 Å². The van der Waals surface area contributed by atoms with Crippen LogP contribution in [0.4, 0.5) is 5.69 Å². The molecule has 1 amide bonds. The molecule has 6 heteroatoms. The second-order valence-corrected chi connectivity index (χ2v) is 4.35. The zero-order valence-electron chi connectivity index (χ0n) is 11.3. The molecule has 1 atom stereocenters. The van der Waals surface area contributed by atoms with Crippen LogP contribution < -0.4 is 24.8 Å². The zero-order valence-corrected chi connectivity index (χ0v) is 11.3. The van der Waals surface area contributed by atoms with Crippen molar-refractivity contribution in [1.29, 1.82) is 0 Å². The summed E-state index contributed by atoms with van der Waals surface area (Å²) in [6.07, 6.45) is 0.358. The van der Waals surface area contributed by atoms with Gasteiger partial charge in [0.05, 0.1) is 27.0 Å². The van der Waals surface area contributed by atoms with Gasteiger partial charge in [-0.2, -0.15) is 0 Å². The number of anilines is 1. The van der Waals surface area contributed by atoms with E-state index in [1.54, 1.807) is 31.3 Å². The second-order valence-electron chi connectivity index (χ2n) is 4.35. The van der Waals surface area contributed by atoms with E-state index in [-0.39, 0.29) is 11.9 Å². The maximum absolute atomic E-state index is 11.9. The van der Waals surface area contributed by atoms with Gasteiger partial charge < -0.3 is 24.8 Å². The fraction of sp³-hybridized carbons (Fsp3) is 0.462. The molecule has 0 aliphatic carbocycles. The number of carbonyl (C=O) groups excluding carboxylic acids is 1. The van der Waals surface area contributed by atoms with Crippen LogP contribution in [0.5, 0.6) is 17.2 Å². The average Bonchev–Trinajstić information content (AvgIpc) is 2.75. The van der Waals surface area contributed by atoms with E-state index >= 15 is 0 Å². The largest absolute Gasteiger partial charge is 0.493 e. The number of rotatable bonds is 4. The molecule has 19 heavy (non-hydrogen) atoms. The third-order valence-corrected chi connectivity index (χ3v) is 3.12. The van der Waals surface area contributed by atoms with Gasteiger partial charge in [0.1, 0.15) is 0 Å². The minimum absolute atomic E-state index is 0.00164. The SMILES string of the molecule is COc1cc(N2CC(N)CC2=O)cc(OC)c1OC. The van der Waals surface area contributed by atoms with Crippen molar-refractivity contribution in [3.05, 3.63) is 12.1 Å². The van der Waals surface area contributed by atoms with Crippen molar-refractivity contribution in [3.63, 3.8) is 0 Å². The predicted octanol–water partition coefficient (Wildman–Crippen LogP) is 0.776. The summed E-state index contributed by atoms with van der Waals surface area (Å²) < 4.78 is 15.8. The molecule has 1 aliphatic rings. The zero-order chi connectivity index (χ0) is 14.0. The Bertz CT molecular complexity index is 465. The Morgan fingerprint density at radius 1 is 1.16 bits per heavy atom. The van der Waals surface area contributed by atoms with Crippen molar-refractivity contribution in [1.82, 2.24) is 0 Å². The fourth-order valence-corrected chi connectivity index (χ4v) is 2.21. The van der Waals surface area contributed by atoms with Crippen LogP contribution in [0, 0.1) is 0 Å². The Morgan fingerprint density at radius 2 is 1.74 bits per heavy atom. The van der Waals surface area contributed by atoms with Crippen molar-refractivity contribution in [2.24, 2.45) is 5.73 Å². The molecule has 0 radical (unpaired) electrons. The lowest BCUT2D eigenvalue weighted by atomic mass is 10.2. The van der Waals surface area contributed by atoms with Crippen molar-refractivity contribution in [2.75, 3.05) is 32.8 Å². The predicted molar refractivity (Wildman–Crippen MR) is 71.0 cm³/mol. The summed E-state index contributed by atoms with van der Waals surface area (Å²) in [6, 6.07) is 3.36. The molecule has 2 rings (SSSR count). The van der Waals surface area contributed by atoms with Gasteiger partial charge in [-0.05, 0) is 0 Å². The van der Waals surface area contributed by atoms with Crippen molar-refractivity contribution < 1.29 is 19.0 Å². The molecule has 0 spiro atoms. The molecule has 1 heterocycles. The molecule has 1 aliphatic heterocycles. The van der Waals surface area contributed by atoms with Crippen LogP contribution in [-0.4, -0.2) is 39.8 Å². The van der Waals surface area contributed by atoms with Crippen molar-refractivity contribution in [3.8, 4) is 17.2 Å². The number of benzene rings is 1. The minimum Gasteiger partial charge on any atom is -0.493 e. The Balaban J connectivity index is 2.44. The number of nitrogens with two attached hydrogens (primary N) is 1. The number of methoxy groups -OCH3 is 3. The number of amides is 1. The molecule has 2 N–H and O–H groups in total. The first-order valence-electron chi connectivity index (χ1n) is 5.96. The first kappa shape index (κ1) is 13.5. The Morgan fingerprint density at radius 3 is 2.11 bits per heavy atom. The standard InChI is InChI=1S/C13H18N2O4/c1-17-10-5-9(6-11(18-2)13(10)19-3)15-7-8(14)4-12(15)16/h5-6,8H,4,7,14H2,1-3H3. The lowest BCUT2D eigenvalue weighted by Gasteiger charge is -2.20. The highest BCUT2D eigenvalue weighted by atomic mass is 16.5. The van der Waals surface area contributed by atoms with E-state index in [1.165, 1.54) is 7.11 Å². The van der Waals surface area contributed by atoms with Crippen LogP contribution in [0.25, 0.3) is 0 Å². The molecule has 1 unspecified atom stereocenters. The average molecular weight is 266 g/mol. The normalized spacial score (nSPS) is 18.6. The summed E-state index contributed by atoms with van der Waals surface area (Å²) in [7, 11) is 4.62. The fourth-order valence-electron chi connectivity index (χ4n) is 2.21. The van der Waals surface area contributed by atoms with Crippen molar-refractivity contribution >= 4 is 11.6 Å². The number of carbonyl (C=O) groups is 1. The highest BCUT2D eigenvalue weighted by Gasteiger charge is 2.29. The highest BCUT2D eigenvalue weighted by Crippen LogP contribution is 2.41. The Kier molecular flexibility index (Phi) is 3.80. The molecule has 1 aromatic carbocycles. The third-order valence-electron chi connectivity index (χ3n) is 3.12. The van der Waals surface area contributed by atoms with Crippen LogP contribution in [0.15, 0.2) is 12.1 Å².